The molecule has 0 bridgehead atoms. The van der Waals surface area contributed by atoms with E-state index in [1.807, 2.05) is 23.6 Å². The van der Waals surface area contributed by atoms with E-state index in [9.17, 15) is 13.2 Å². The van der Waals surface area contributed by atoms with Gasteiger partial charge < -0.3 is 9.47 Å². The zero-order valence-electron chi connectivity index (χ0n) is 16.8. The molecule has 1 N–H and O–H groups in total. The van der Waals surface area contributed by atoms with Crippen LogP contribution in [0.2, 0.25) is 0 Å². The first kappa shape index (κ1) is 21.6. The topological polar surface area (TPSA) is 81.7 Å². The van der Waals surface area contributed by atoms with E-state index in [0.717, 1.165) is 16.7 Å². The minimum Gasteiger partial charge on any atom is -0.493 e. The zero-order chi connectivity index (χ0) is 21.9. The molecule has 1 aromatic heterocycles. The molecule has 30 heavy (non-hydrogen) atoms. The lowest BCUT2D eigenvalue weighted by Crippen LogP contribution is -2.09. The van der Waals surface area contributed by atoms with E-state index in [4.69, 9.17) is 9.47 Å². The molecule has 0 aliphatic carbocycles. The summed E-state index contributed by atoms with van der Waals surface area (Å²) in [5, 5.41) is 1.96. The molecule has 0 fully saturated rings. The Kier molecular flexibility index (Phi) is 6.28. The minimum atomic E-state index is -3.39. The minimum absolute atomic E-state index is 0.273. The van der Waals surface area contributed by atoms with Crippen LogP contribution in [-0.2, 0) is 10.0 Å². The summed E-state index contributed by atoms with van der Waals surface area (Å²) in [4.78, 5) is 14.0. The number of ether oxygens (including phenoxy) is 2. The summed E-state index contributed by atoms with van der Waals surface area (Å²) in [5.74, 6) is 0.811. The third-order valence-electron chi connectivity index (χ3n) is 4.34. The largest absolute Gasteiger partial charge is 0.493 e. The van der Waals surface area contributed by atoms with Gasteiger partial charge in [0.2, 0.25) is 10.0 Å². The first-order chi connectivity index (χ1) is 14.2. The van der Waals surface area contributed by atoms with Crippen molar-refractivity contribution in [1.82, 2.24) is 0 Å². The maximum atomic E-state index is 13.0. The molecule has 156 valence electrons. The monoisotopic (exact) mass is 443 g/mol. The molecule has 3 aromatic rings. The Morgan fingerprint density at radius 2 is 1.73 bits per heavy atom. The van der Waals surface area contributed by atoms with Gasteiger partial charge in [-0.1, -0.05) is 12.6 Å². The van der Waals surface area contributed by atoms with Gasteiger partial charge in [0.1, 0.15) is 0 Å². The Bertz CT molecular complexity index is 1180. The number of hydrogen-bond donors (Lipinski definition) is 1. The van der Waals surface area contributed by atoms with Gasteiger partial charge in [-0.2, -0.15) is 0 Å². The third kappa shape index (κ3) is 4.72. The van der Waals surface area contributed by atoms with Gasteiger partial charge >= 0.3 is 0 Å². The highest BCUT2D eigenvalue weighted by Crippen LogP contribution is 2.42. The summed E-state index contributed by atoms with van der Waals surface area (Å²) in [6.45, 7) is 3.98. The molecule has 0 amide bonds. The lowest BCUT2D eigenvalue weighted by Gasteiger charge is -2.15. The predicted octanol–water partition coefficient (Wildman–Crippen LogP) is 4.70. The van der Waals surface area contributed by atoms with Crippen molar-refractivity contribution in [3.05, 3.63) is 71.6 Å². The van der Waals surface area contributed by atoms with Crippen LogP contribution < -0.4 is 14.2 Å². The Morgan fingerprint density at radius 1 is 1.03 bits per heavy atom. The third-order valence-corrected chi connectivity index (χ3v) is 5.85. The van der Waals surface area contributed by atoms with Gasteiger partial charge in [0.25, 0.3) is 0 Å². The van der Waals surface area contributed by atoms with Gasteiger partial charge in [-0.25, -0.2) is 8.42 Å². The van der Waals surface area contributed by atoms with Crippen LogP contribution in [0.5, 0.6) is 11.5 Å². The first-order valence-electron chi connectivity index (χ1n) is 8.85. The van der Waals surface area contributed by atoms with Crippen LogP contribution in [0.3, 0.4) is 0 Å². The van der Waals surface area contributed by atoms with Crippen molar-refractivity contribution in [2.75, 3.05) is 25.2 Å². The summed E-state index contributed by atoms with van der Waals surface area (Å²) in [7, 11) is -0.278. The van der Waals surface area contributed by atoms with E-state index in [1.165, 1.54) is 19.2 Å². The number of benzene rings is 2. The van der Waals surface area contributed by atoms with Gasteiger partial charge in [0.05, 0.1) is 20.5 Å². The second-order valence-electron chi connectivity index (χ2n) is 6.50. The smallest absolute Gasteiger partial charge is 0.229 e. The molecule has 0 saturated heterocycles. The first-order valence-corrected chi connectivity index (χ1v) is 11.6. The van der Waals surface area contributed by atoms with Gasteiger partial charge in [-0.05, 0) is 53.4 Å². The van der Waals surface area contributed by atoms with E-state index in [0.29, 0.717) is 28.3 Å². The average Bonchev–Trinajstić information content (AvgIpc) is 3.25. The fraction of sp³-hybridized carbons (Fsp3) is 0.136. The SMILES string of the molecule is C=C(C(=O)c1ccc(NS(C)(=O)=O)cc1)c1cc(OC)c(OC)c(-c2cccs2)c1. The summed E-state index contributed by atoms with van der Waals surface area (Å²) in [5.41, 5.74) is 2.48. The van der Waals surface area contributed by atoms with E-state index in [2.05, 4.69) is 11.3 Å². The number of thiophene rings is 1. The van der Waals surface area contributed by atoms with Crippen LogP contribution in [0.15, 0.2) is 60.5 Å². The number of nitrogens with one attached hydrogen (secondary N) is 1. The Hall–Kier alpha value is -3.10. The molecule has 0 spiro atoms. The molecule has 6 nitrogen and oxygen atoms in total. The van der Waals surface area contributed by atoms with Crippen LogP contribution in [0, 0.1) is 0 Å². The molecule has 2 aromatic carbocycles. The van der Waals surface area contributed by atoms with Crippen LogP contribution in [0.1, 0.15) is 15.9 Å². The van der Waals surface area contributed by atoms with Crippen molar-refractivity contribution >= 4 is 38.4 Å². The van der Waals surface area contributed by atoms with E-state index >= 15 is 0 Å². The number of hydrogen-bond acceptors (Lipinski definition) is 6. The second kappa shape index (κ2) is 8.73. The van der Waals surface area contributed by atoms with Gasteiger partial charge in [-0.3, -0.25) is 9.52 Å². The molecule has 3 rings (SSSR count). The number of allylic oxidation sites excluding steroid dienone is 1. The Labute approximate surface area is 179 Å². The number of rotatable bonds is 8. The molecule has 0 saturated carbocycles. The highest BCUT2D eigenvalue weighted by molar-refractivity contribution is 7.92. The van der Waals surface area contributed by atoms with E-state index in [-0.39, 0.29) is 11.4 Å². The van der Waals surface area contributed by atoms with Crippen LogP contribution in [0.4, 0.5) is 5.69 Å². The summed E-state index contributed by atoms with van der Waals surface area (Å²) in [6.07, 6.45) is 1.07. The quantitative estimate of drug-likeness (QED) is 0.403. The lowest BCUT2D eigenvalue weighted by atomic mass is 9.95. The summed E-state index contributed by atoms with van der Waals surface area (Å²) in [6, 6.07) is 13.7. The van der Waals surface area contributed by atoms with Gasteiger partial charge in [0, 0.05) is 27.3 Å². The average molecular weight is 444 g/mol. The van der Waals surface area contributed by atoms with Crippen molar-refractivity contribution in [3.63, 3.8) is 0 Å². The maximum absolute atomic E-state index is 13.0. The highest BCUT2D eigenvalue weighted by Gasteiger charge is 2.19. The molecular formula is C22H21NO5S2. The normalized spacial score (nSPS) is 11.0. The highest BCUT2D eigenvalue weighted by atomic mass is 32.2. The molecule has 0 aliphatic heterocycles. The molecule has 0 atom stereocenters. The van der Waals surface area contributed by atoms with Crippen LogP contribution in [0.25, 0.3) is 16.0 Å². The molecule has 0 unspecified atom stereocenters. The fourth-order valence-corrected chi connectivity index (χ4v) is 4.27. The number of anilines is 1. The number of carbonyl (C=O) groups excluding carboxylic acids is 1. The maximum Gasteiger partial charge on any atom is 0.229 e. The molecule has 1 heterocycles. The molecule has 0 radical (unpaired) electrons. The van der Waals surface area contributed by atoms with E-state index < -0.39 is 10.0 Å². The predicted molar refractivity (Wildman–Crippen MR) is 121 cm³/mol. The fourth-order valence-electron chi connectivity index (χ4n) is 2.96. The summed E-state index contributed by atoms with van der Waals surface area (Å²) >= 11 is 1.55. The number of ketones is 1. The standard InChI is InChI=1S/C22H21NO5S2/c1-14(21(24)15-7-9-17(10-8-15)23-30(4,25)26)16-12-18(20-6-5-11-29-20)22(28-3)19(13-16)27-2/h5-13,23H,1H2,2-4H3. The number of methoxy groups -OCH3 is 2. The van der Waals surface area contributed by atoms with Crippen molar-refractivity contribution in [3.8, 4) is 21.9 Å². The van der Waals surface area contributed by atoms with Crippen LogP contribution >= 0.6 is 11.3 Å². The molecular weight excluding hydrogens is 422 g/mol. The number of carbonyl (C=O) groups is 1. The van der Waals surface area contributed by atoms with Crippen molar-refractivity contribution in [2.24, 2.45) is 0 Å². The van der Waals surface area contributed by atoms with Crippen molar-refractivity contribution in [2.45, 2.75) is 0 Å². The molecule has 0 aliphatic rings. The van der Waals surface area contributed by atoms with Crippen molar-refractivity contribution in [1.29, 1.82) is 0 Å². The van der Waals surface area contributed by atoms with Gasteiger partial charge in [0.15, 0.2) is 17.3 Å². The second-order valence-corrected chi connectivity index (χ2v) is 9.19. The molecule has 8 heteroatoms. The zero-order valence-corrected chi connectivity index (χ0v) is 18.4. The summed E-state index contributed by atoms with van der Waals surface area (Å²) < 4.78 is 36.1. The van der Waals surface area contributed by atoms with Gasteiger partial charge in [-0.15, -0.1) is 11.3 Å². The lowest BCUT2D eigenvalue weighted by molar-refractivity contribution is 0.105. The van der Waals surface area contributed by atoms with Crippen LogP contribution in [-0.4, -0.2) is 34.7 Å². The Morgan fingerprint density at radius 3 is 2.27 bits per heavy atom. The van der Waals surface area contributed by atoms with E-state index in [1.54, 1.807) is 36.6 Å². The Balaban J connectivity index is 1.96. The number of Topliss-reactive ketones (excluding diaryl/α,β-unsaturated/α-hetero) is 1. The number of sulfonamides is 1. The van der Waals surface area contributed by atoms with Crippen molar-refractivity contribution < 1.29 is 22.7 Å².